The smallest absolute Gasteiger partial charge is 0.157 e. The van der Waals surface area contributed by atoms with Gasteiger partial charge in [0.25, 0.3) is 0 Å². The summed E-state index contributed by atoms with van der Waals surface area (Å²) in [5.41, 5.74) is 13.7. The second-order valence-electron chi connectivity index (χ2n) is 11.2. The summed E-state index contributed by atoms with van der Waals surface area (Å²) in [6, 6.07) is 51.8. The highest BCUT2D eigenvalue weighted by molar-refractivity contribution is 6.21. The van der Waals surface area contributed by atoms with Crippen LogP contribution in [0, 0.1) is 0 Å². The standard InChI is InChI=1S/C41H29N3O/c42-40(35-25-30-16-7-8-18-32(30)33-19-9-10-20-34(33)35)44-41(28-14-5-2-6-15-28)43-26-31-17-11-21-38-39(31)36-24-29(22-23-37(36)45-38)27-12-3-1-4-13-27/h1-25H,26H2,(H2,42,43,44). The highest BCUT2D eigenvalue weighted by atomic mass is 16.3. The fourth-order valence-electron chi connectivity index (χ4n) is 6.22. The summed E-state index contributed by atoms with van der Waals surface area (Å²) in [5.74, 6) is 1.01. The van der Waals surface area contributed by atoms with Crippen molar-refractivity contribution in [1.29, 1.82) is 0 Å². The molecule has 0 radical (unpaired) electrons. The van der Waals surface area contributed by atoms with Crippen molar-refractivity contribution in [3.8, 4) is 11.1 Å². The van der Waals surface area contributed by atoms with Crippen LogP contribution in [0.3, 0.4) is 0 Å². The molecule has 0 saturated carbocycles. The average molecular weight is 580 g/mol. The average Bonchev–Trinajstić information content (AvgIpc) is 3.49. The number of furan rings is 1. The lowest BCUT2D eigenvalue weighted by Gasteiger charge is -2.11. The van der Waals surface area contributed by atoms with Gasteiger partial charge in [0, 0.05) is 21.9 Å². The molecule has 45 heavy (non-hydrogen) atoms. The second kappa shape index (κ2) is 11.3. The van der Waals surface area contributed by atoms with Crippen LogP contribution in [0.1, 0.15) is 16.7 Å². The Balaban J connectivity index is 1.25. The quantitative estimate of drug-likeness (QED) is 0.125. The fraction of sp³-hybridized carbons (Fsp3) is 0.0244. The molecule has 8 aromatic rings. The van der Waals surface area contributed by atoms with Gasteiger partial charge in [-0.05, 0) is 62.5 Å². The molecular formula is C41H29N3O. The van der Waals surface area contributed by atoms with Gasteiger partial charge in [0.15, 0.2) is 5.84 Å². The number of hydrogen-bond acceptors (Lipinski definition) is 2. The van der Waals surface area contributed by atoms with Crippen LogP contribution in [-0.4, -0.2) is 11.7 Å². The lowest BCUT2D eigenvalue weighted by atomic mass is 9.97. The highest BCUT2D eigenvalue weighted by Crippen LogP contribution is 2.35. The molecule has 0 atom stereocenters. The van der Waals surface area contributed by atoms with Crippen molar-refractivity contribution < 1.29 is 4.42 Å². The number of amidine groups is 2. The van der Waals surface area contributed by atoms with Crippen LogP contribution >= 0.6 is 0 Å². The van der Waals surface area contributed by atoms with Crippen LogP contribution in [-0.2, 0) is 6.54 Å². The lowest BCUT2D eigenvalue weighted by molar-refractivity contribution is 0.668. The van der Waals surface area contributed by atoms with E-state index in [-0.39, 0.29) is 0 Å². The number of rotatable bonds is 5. The highest BCUT2D eigenvalue weighted by Gasteiger charge is 2.14. The minimum Gasteiger partial charge on any atom is -0.456 e. The maximum Gasteiger partial charge on any atom is 0.157 e. The summed E-state index contributed by atoms with van der Waals surface area (Å²) in [6.07, 6.45) is 0. The summed E-state index contributed by atoms with van der Waals surface area (Å²) in [7, 11) is 0. The molecule has 4 nitrogen and oxygen atoms in total. The predicted octanol–water partition coefficient (Wildman–Crippen LogP) is 9.91. The number of hydrogen-bond donors (Lipinski definition) is 1. The van der Waals surface area contributed by atoms with Crippen molar-refractivity contribution in [2.45, 2.75) is 6.54 Å². The van der Waals surface area contributed by atoms with E-state index in [0.29, 0.717) is 18.2 Å². The van der Waals surface area contributed by atoms with Crippen molar-refractivity contribution >= 4 is 55.2 Å². The van der Waals surface area contributed by atoms with E-state index >= 15 is 0 Å². The van der Waals surface area contributed by atoms with Crippen molar-refractivity contribution in [2.24, 2.45) is 15.7 Å². The Hall–Kier alpha value is -6.00. The molecule has 0 aliphatic rings. The molecule has 0 fully saturated rings. The molecule has 0 spiro atoms. The molecule has 2 N–H and O–H groups in total. The number of nitrogens with zero attached hydrogens (tertiary/aromatic N) is 2. The lowest BCUT2D eigenvalue weighted by Crippen LogP contribution is -2.17. The molecule has 214 valence electrons. The maximum atomic E-state index is 6.83. The zero-order valence-electron chi connectivity index (χ0n) is 24.5. The number of aliphatic imine (C=N–C) groups is 2. The summed E-state index contributed by atoms with van der Waals surface area (Å²) in [4.78, 5) is 10.1. The fourth-order valence-corrected chi connectivity index (χ4v) is 6.22. The number of benzene rings is 7. The van der Waals surface area contributed by atoms with E-state index in [1.165, 1.54) is 10.9 Å². The topological polar surface area (TPSA) is 63.9 Å². The Labute approximate surface area is 260 Å². The van der Waals surface area contributed by atoms with Gasteiger partial charge in [0.2, 0.25) is 0 Å². The minimum atomic E-state index is 0.418. The van der Waals surface area contributed by atoms with Gasteiger partial charge in [-0.2, -0.15) is 0 Å². The third-order valence-corrected chi connectivity index (χ3v) is 8.39. The van der Waals surface area contributed by atoms with E-state index in [1.54, 1.807) is 0 Å². The molecule has 7 aromatic carbocycles. The van der Waals surface area contributed by atoms with Crippen molar-refractivity contribution in [3.63, 3.8) is 0 Å². The van der Waals surface area contributed by atoms with E-state index in [0.717, 1.165) is 60.4 Å². The summed E-state index contributed by atoms with van der Waals surface area (Å²) >= 11 is 0. The van der Waals surface area contributed by atoms with Gasteiger partial charge in [0.05, 0.1) is 6.54 Å². The molecular weight excluding hydrogens is 550 g/mol. The summed E-state index contributed by atoms with van der Waals surface area (Å²) in [5, 5.41) is 6.67. The molecule has 0 bridgehead atoms. The van der Waals surface area contributed by atoms with E-state index in [2.05, 4.69) is 91.0 Å². The SMILES string of the molecule is N/C(=N\C(=N/Cc1cccc2oc3ccc(-c4ccccc4)cc3c12)c1ccccc1)c1cc2ccccc2c2ccccc12. The second-order valence-corrected chi connectivity index (χ2v) is 11.2. The van der Waals surface area contributed by atoms with Crippen LogP contribution in [0.25, 0.3) is 54.6 Å². The number of nitrogens with two attached hydrogens (primary N) is 1. The first-order valence-electron chi connectivity index (χ1n) is 15.1. The van der Waals surface area contributed by atoms with Gasteiger partial charge < -0.3 is 10.2 Å². The Kier molecular flexibility index (Phi) is 6.65. The van der Waals surface area contributed by atoms with Gasteiger partial charge in [-0.3, -0.25) is 4.99 Å². The van der Waals surface area contributed by atoms with E-state index in [9.17, 15) is 0 Å². The maximum absolute atomic E-state index is 6.83. The Morgan fingerprint density at radius 1 is 0.556 bits per heavy atom. The molecule has 0 amide bonds. The van der Waals surface area contributed by atoms with Crippen LogP contribution in [0.5, 0.6) is 0 Å². The third-order valence-electron chi connectivity index (χ3n) is 8.39. The first-order chi connectivity index (χ1) is 22.2. The van der Waals surface area contributed by atoms with Crippen molar-refractivity contribution in [2.75, 3.05) is 0 Å². The largest absolute Gasteiger partial charge is 0.456 e. The zero-order valence-corrected chi connectivity index (χ0v) is 24.5. The van der Waals surface area contributed by atoms with Crippen molar-refractivity contribution in [1.82, 2.24) is 0 Å². The molecule has 0 saturated heterocycles. The normalized spacial score (nSPS) is 12.4. The van der Waals surface area contributed by atoms with Gasteiger partial charge in [-0.25, -0.2) is 4.99 Å². The van der Waals surface area contributed by atoms with Crippen LogP contribution in [0.2, 0.25) is 0 Å². The van der Waals surface area contributed by atoms with Gasteiger partial charge >= 0.3 is 0 Å². The molecule has 0 aliphatic carbocycles. The molecule has 1 aromatic heterocycles. The minimum absolute atomic E-state index is 0.418. The van der Waals surface area contributed by atoms with E-state index in [4.69, 9.17) is 20.1 Å². The van der Waals surface area contributed by atoms with E-state index in [1.807, 2.05) is 60.7 Å². The number of fused-ring (bicyclic) bond motifs is 6. The molecule has 1 heterocycles. The molecule has 0 aliphatic heterocycles. The van der Waals surface area contributed by atoms with Crippen LogP contribution in [0.15, 0.2) is 166 Å². The van der Waals surface area contributed by atoms with Crippen LogP contribution < -0.4 is 5.73 Å². The molecule has 0 unspecified atom stereocenters. The van der Waals surface area contributed by atoms with Crippen molar-refractivity contribution in [3.05, 3.63) is 168 Å². The third kappa shape index (κ3) is 4.92. The zero-order chi connectivity index (χ0) is 30.2. The summed E-state index contributed by atoms with van der Waals surface area (Å²) in [6.45, 7) is 0.418. The van der Waals surface area contributed by atoms with E-state index < -0.39 is 0 Å². The predicted molar refractivity (Wildman–Crippen MR) is 188 cm³/mol. The monoisotopic (exact) mass is 579 g/mol. The first kappa shape index (κ1) is 26.6. The Bertz CT molecular complexity index is 2400. The van der Waals surface area contributed by atoms with Gasteiger partial charge in [-0.1, -0.05) is 127 Å². The molecule has 4 heteroatoms. The Morgan fingerprint density at radius 2 is 1.27 bits per heavy atom. The van der Waals surface area contributed by atoms with Gasteiger partial charge in [0.1, 0.15) is 17.0 Å². The van der Waals surface area contributed by atoms with Crippen LogP contribution in [0.4, 0.5) is 0 Å². The van der Waals surface area contributed by atoms with Gasteiger partial charge in [-0.15, -0.1) is 0 Å². The Morgan fingerprint density at radius 3 is 2.09 bits per heavy atom. The first-order valence-corrected chi connectivity index (χ1v) is 15.1. The molecule has 8 rings (SSSR count). The summed E-state index contributed by atoms with van der Waals surface area (Å²) < 4.78 is 6.28.